The van der Waals surface area contributed by atoms with Crippen molar-refractivity contribution in [2.45, 2.75) is 76.0 Å². The van der Waals surface area contributed by atoms with E-state index in [-0.39, 0.29) is 17.2 Å². The summed E-state index contributed by atoms with van der Waals surface area (Å²) >= 11 is -2.34. The molecule has 7 nitrogen and oxygen atoms in total. The minimum atomic E-state index is -2.34. The number of aromatic amines is 1. The summed E-state index contributed by atoms with van der Waals surface area (Å²) in [5.74, 6) is 0. The molecule has 1 aliphatic rings. The van der Waals surface area contributed by atoms with Crippen LogP contribution in [0, 0.1) is 6.92 Å². The van der Waals surface area contributed by atoms with Gasteiger partial charge in [0.25, 0.3) is 0 Å². The quantitative estimate of drug-likeness (QED) is 0.603. The first kappa shape index (κ1) is 24.0. The van der Waals surface area contributed by atoms with Gasteiger partial charge in [0.15, 0.2) is 0 Å². The zero-order valence-electron chi connectivity index (χ0n) is 19.0. The summed E-state index contributed by atoms with van der Waals surface area (Å²) in [5.41, 5.74) is -0.474. The predicted octanol–water partition coefficient (Wildman–Crippen LogP) is 2.85. The molecule has 1 aromatic heterocycles. The number of nitrogens with zero attached hydrogens (tertiary/aromatic N) is 1. The van der Waals surface area contributed by atoms with Crippen LogP contribution in [-0.4, -0.2) is 43.9 Å². The molecule has 1 unspecified atom stereocenters. The number of hydrogen-bond acceptors (Lipinski definition) is 5. The van der Waals surface area contributed by atoms with Crippen molar-refractivity contribution in [2.75, 3.05) is 0 Å². The number of aromatic nitrogens is 2. The molecule has 0 bridgehead atoms. The molecule has 2 heterocycles. The fraction of sp³-hybridized carbons (Fsp3) is 0.545. The fourth-order valence-electron chi connectivity index (χ4n) is 3.32. The number of benzene rings is 1. The summed E-state index contributed by atoms with van der Waals surface area (Å²) in [6, 6.07) is 9.43. The Morgan fingerprint density at radius 3 is 2.48 bits per heavy atom. The van der Waals surface area contributed by atoms with Crippen LogP contribution in [0.4, 0.5) is 0 Å². The molecule has 2 aromatic rings. The van der Waals surface area contributed by atoms with E-state index >= 15 is 0 Å². The van der Waals surface area contributed by atoms with E-state index in [4.69, 9.17) is 9.16 Å². The molecule has 1 N–H and O–H groups in total. The van der Waals surface area contributed by atoms with Gasteiger partial charge in [-0.05, 0) is 0 Å². The van der Waals surface area contributed by atoms with Crippen LogP contribution >= 0.6 is 0 Å². The van der Waals surface area contributed by atoms with Gasteiger partial charge < -0.3 is 0 Å². The number of aryl methyl sites for hydroxylation is 1. The van der Waals surface area contributed by atoms with Crippen molar-refractivity contribution in [3.63, 3.8) is 0 Å². The van der Waals surface area contributed by atoms with Crippen molar-refractivity contribution >= 4 is 26.6 Å². The molecule has 31 heavy (non-hydrogen) atoms. The van der Waals surface area contributed by atoms with Crippen LogP contribution in [0.15, 0.2) is 46.1 Å². The third kappa shape index (κ3) is 5.41. The molecule has 4 atom stereocenters. The predicted molar refractivity (Wildman–Crippen MR) is 124 cm³/mol. The molecule has 1 aromatic carbocycles. The topological polar surface area (TPSA) is 90.4 Å². The van der Waals surface area contributed by atoms with Crippen molar-refractivity contribution in [2.24, 2.45) is 0 Å². The second kappa shape index (κ2) is 9.08. The van der Waals surface area contributed by atoms with Crippen LogP contribution in [0.5, 0.6) is 0 Å². The first-order chi connectivity index (χ1) is 14.4. The van der Waals surface area contributed by atoms with E-state index in [0.717, 1.165) is 4.46 Å². The first-order valence-electron chi connectivity index (χ1n) is 10.5. The maximum atomic E-state index is 13.1. The summed E-state index contributed by atoms with van der Waals surface area (Å²) in [4.78, 5) is 26.5. The van der Waals surface area contributed by atoms with Crippen LogP contribution in [0.3, 0.4) is 0 Å². The monoisotopic (exact) mass is 512 g/mol. The Morgan fingerprint density at radius 2 is 1.87 bits per heavy atom. The van der Waals surface area contributed by atoms with E-state index in [1.54, 1.807) is 6.92 Å². The van der Waals surface area contributed by atoms with Crippen molar-refractivity contribution in [1.29, 1.82) is 0 Å². The molecule has 0 aliphatic carbocycles. The Balaban J connectivity index is 1.90. The van der Waals surface area contributed by atoms with Gasteiger partial charge in [-0.2, -0.15) is 0 Å². The Kier molecular flexibility index (Phi) is 7.03. The van der Waals surface area contributed by atoms with Crippen LogP contribution in [0.2, 0.25) is 23.5 Å². The van der Waals surface area contributed by atoms with Crippen LogP contribution < -0.4 is 15.7 Å². The van der Waals surface area contributed by atoms with Gasteiger partial charge in [0.2, 0.25) is 0 Å². The number of H-pyrrole nitrogens is 1. The summed E-state index contributed by atoms with van der Waals surface area (Å²) in [6.07, 6.45) is 0.767. The number of ether oxygens (including phenoxy) is 1. The Bertz CT molecular complexity index is 1060. The van der Waals surface area contributed by atoms with E-state index in [9.17, 15) is 13.4 Å². The molecule has 0 spiro atoms. The second-order valence-electron chi connectivity index (χ2n) is 9.59. The van der Waals surface area contributed by atoms with E-state index in [1.165, 1.54) is 10.8 Å². The normalized spacial score (nSPS) is 23.1. The fourth-order valence-corrected chi connectivity index (χ4v) is 7.29. The van der Waals surface area contributed by atoms with Gasteiger partial charge in [-0.25, -0.2) is 0 Å². The third-order valence-electron chi connectivity index (χ3n) is 6.21. The van der Waals surface area contributed by atoms with Crippen LogP contribution in [0.25, 0.3) is 0 Å². The standard InChI is InChI=1S/C22H32N2O5SeSi/c1-15-13-24(21(26)23-20(15)25)19-12-17(29-31(5,6)22(2,3)4)18(28-19)14-30(27)16-10-8-7-9-11-16/h7-11,13,17-19H,12,14H2,1-6H3,(H,23,25,26)/t17-,18+,19+,30?/m0/s1. The molecule has 9 heteroatoms. The van der Waals surface area contributed by atoms with Crippen molar-refractivity contribution in [3.05, 3.63) is 62.9 Å². The van der Waals surface area contributed by atoms with E-state index in [0.29, 0.717) is 17.3 Å². The van der Waals surface area contributed by atoms with Crippen LogP contribution in [-0.2, 0) is 13.0 Å². The van der Waals surface area contributed by atoms with E-state index < -0.39 is 39.6 Å². The van der Waals surface area contributed by atoms with Gasteiger partial charge in [-0.3, -0.25) is 0 Å². The molecular weight excluding hydrogens is 479 g/mol. The Morgan fingerprint density at radius 1 is 1.23 bits per heavy atom. The zero-order valence-corrected chi connectivity index (χ0v) is 21.7. The van der Waals surface area contributed by atoms with Crippen molar-refractivity contribution in [3.8, 4) is 0 Å². The number of hydrogen-bond donors (Lipinski definition) is 1. The third-order valence-corrected chi connectivity index (χ3v) is 13.7. The molecule has 3 rings (SSSR count). The Labute approximate surface area is 188 Å². The van der Waals surface area contributed by atoms with E-state index in [2.05, 4.69) is 38.8 Å². The zero-order chi connectivity index (χ0) is 23.0. The van der Waals surface area contributed by atoms with Gasteiger partial charge in [-0.15, -0.1) is 0 Å². The van der Waals surface area contributed by atoms with Gasteiger partial charge in [0.1, 0.15) is 0 Å². The molecule has 1 aliphatic heterocycles. The van der Waals surface area contributed by atoms with Crippen molar-refractivity contribution in [1.82, 2.24) is 9.55 Å². The average molecular weight is 512 g/mol. The Hall–Kier alpha value is -1.64. The second-order valence-corrected chi connectivity index (χ2v) is 17.5. The first-order valence-corrected chi connectivity index (χ1v) is 16.2. The van der Waals surface area contributed by atoms with E-state index in [1.807, 2.05) is 30.3 Å². The number of rotatable bonds is 6. The summed E-state index contributed by atoms with van der Waals surface area (Å²) < 4.78 is 28.3. The van der Waals surface area contributed by atoms with Gasteiger partial charge in [0, 0.05) is 0 Å². The molecule has 0 radical (unpaired) electrons. The summed E-state index contributed by atoms with van der Waals surface area (Å²) in [5, 5.41) is 0.379. The minimum absolute atomic E-state index is 0.00757. The maximum absolute atomic E-state index is 13.1. The average Bonchev–Trinajstić information content (AvgIpc) is 3.05. The summed E-state index contributed by atoms with van der Waals surface area (Å²) in [6.45, 7) is 12.5. The summed E-state index contributed by atoms with van der Waals surface area (Å²) in [7, 11) is -2.12. The van der Waals surface area contributed by atoms with Gasteiger partial charge in [0.05, 0.1) is 0 Å². The molecule has 1 saturated heterocycles. The van der Waals surface area contributed by atoms with Crippen LogP contribution in [0.1, 0.15) is 39.0 Å². The molecule has 0 amide bonds. The molecule has 0 saturated carbocycles. The van der Waals surface area contributed by atoms with Gasteiger partial charge in [-0.1, -0.05) is 0 Å². The molecule has 1 fully saturated rings. The van der Waals surface area contributed by atoms with Gasteiger partial charge >= 0.3 is 188 Å². The SMILES string of the molecule is Cc1cn([C@H]2C[C@H](O[Si](C)(C)C(C)(C)C)[C@@H](C[Se](=O)c3ccccc3)O2)c(=O)[nH]c1=O. The molecule has 170 valence electrons. The van der Waals surface area contributed by atoms with Crippen molar-refractivity contribution < 1.29 is 13.0 Å². The number of nitrogens with one attached hydrogen (secondary N) is 1. The molecular formula is C22H32N2O5SeSi.